The quantitative estimate of drug-likeness (QED) is 0.640. The van der Waals surface area contributed by atoms with Crippen molar-refractivity contribution in [1.82, 2.24) is 0 Å². The summed E-state index contributed by atoms with van der Waals surface area (Å²) < 4.78 is 128. The van der Waals surface area contributed by atoms with Crippen LogP contribution in [0, 0.1) is 11.8 Å². The van der Waals surface area contributed by atoms with E-state index in [1.54, 1.807) is 0 Å². The fourth-order valence-electron chi connectivity index (χ4n) is 1.05. The van der Waals surface area contributed by atoms with Gasteiger partial charge in [0.1, 0.15) is 25.0 Å². The van der Waals surface area contributed by atoms with Gasteiger partial charge in [-0.2, -0.15) is 26.3 Å². The summed E-state index contributed by atoms with van der Waals surface area (Å²) in [6, 6.07) is 0. The van der Waals surface area contributed by atoms with Crippen molar-refractivity contribution in [2.24, 2.45) is 11.8 Å². The van der Waals surface area contributed by atoms with Crippen LogP contribution in [0.15, 0.2) is 0 Å². The first-order chi connectivity index (χ1) is 9.02. The van der Waals surface area contributed by atoms with Gasteiger partial charge < -0.3 is 4.74 Å². The van der Waals surface area contributed by atoms with Crippen molar-refractivity contribution in [2.45, 2.75) is 38.0 Å². The molecule has 0 rings (SSSR count). The lowest BCUT2D eigenvalue weighted by Crippen LogP contribution is -2.44. The SMILES string of the molecule is CC(C(F)(F)F)C(F)(F)COCC(F)(F)C(C)C(F)(F)F. The molecule has 0 aliphatic heterocycles. The summed E-state index contributed by atoms with van der Waals surface area (Å²) in [5, 5.41) is 0. The Hall–Kier alpha value is -0.740. The van der Waals surface area contributed by atoms with Crippen LogP contribution in [0.3, 0.4) is 0 Å². The molecule has 11 heteroatoms. The van der Waals surface area contributed by atoms with Gasteiger partial charge in [-0.1, -0.05) is 0 Å². The lowest BCUT2D eigenvalue weighted by molar-refractivity contribution is -0.265. The molecule has 0 N–H and O–H groups in total. The van der Waals surface area contributed by atoms with Gasteiger partial charge in [-0.3, -0.25) is 0 Å². The maximum atomic E-state index is 13.0. The van der Waals surface area contributed by atoms with Crippen LogP contribution in [0.25, 0.3) is 0 Å². The van der Waals surface area contributed by atoms with Gasteiger partial charge >= 0.3 is 12.4 Å². The molecule has 0 radical (unpaired) electrons. The highest BCUT2D eigenvalue weighted by Crippen LogP contribution is 2.40. The van der Waals surface area contributed by atoms with Crippen LogP contribution in [-0.2, 0) is 4.74 Å². The van der Waals surface area contributed by atoms with Gasteiger partial charge in [0, 0.05) is 0 Å². The first-order valence-corrected chi connectivity index (χ1v) is 5.48. The Labute approximate surface area is 113 Å². The molecule has 0 spiro atoms. The second-order valence-electron chi connectivity index (χ2n) is 4.54. The lowest BCUT2D eigenvalue weighted by atomic mass is 10.0. The Bertz CT molecular complexity index is 300. The Balaban J connectivity index is 4.62. The van der Waals surface area contributed by atoms with Crippen LogP contribution in [-0.4, -0.2) is 37.4 Å². The summed E-state index contributed by atoms with van der Waals surface area (Å²) in [5.41, 5.74) is 0. The number of rotatable bonds is 6. The fourth-order valence-corrected chi connectivity index (χ4v) is 1.05. The summed E-state index contributed by atoms with van der Waals surface area (Å²) in [5.74, 6) is -15.4. The number of alkyl halides is 10. The highest BCUT2D eigenvalue weighted by molar-refractivity contribution is 4.82. The predicted octanol–water partition coefficient (Wildman–Crippen LogP) is 4.67. The molecular weight excluding hydrogens is 326 g/mol. The zero-order valence-electron chi connectivity index (χ0n) is 10.8. The van der Waals surface area contributed by atoms with E-state index in [1.165, 1.54) is 0 Å². The van der Waals surface area contributed by atoms with E-state index in [2.05, 4.69) is 4.74 Å². The third-order valence-corrected chi connectivity index (χ3v) is 2.84. The van der Waals surface area contributed by atoms with Crippen LogP contribution < -0.4 is 0 Å². The molecule has 2 unspecified atom stereocenters. The van der Waals surface area contributed by atoms with Crippen LogP contribution in [0.1, 0.15) is 13.8 Å². The van der Waals surface area contributed by atoms with Crippen LogP contribution in [0.5, 0.6) is 0 Å². The van der Waals surface area contributed by atoms with Crippen molar-refractivity contribution in [3.8, 4) is 0 Å². The average molecular weight is 338 g/mol. The number of halogens is 10. The summed E-state index contributed by atoms with van der Waals surface area (Å²) in [6.07, 6.45) is -10.6. The maximum Gasteiger partial charge on any atom is 0.397 e. The van der Waals surface area contributed by atoms with Crippen molar-refractivity contribution in [3.63, 3.8) is 0 Å². The average Bonchev–Trinajstić information content (AvgIpc) is 2.23. The zero-order valence-corrected chi connectivity index (χ0v) is 10.8. The molecule has 1 nitrogen and oxygen atoms in total. The first-order valence-electron chi connectivity index (χ1n) is 5.48. The number of hydrogen-bond acceptors (Lipinski definition) is 1. The van der Waals surface area contributed by atoms with Gasteiger partial charge in [-0.15, -0.1) is 0 Å². The van der Waals surface area contributed by atoms with Crippen molar-refractivity contribution in [3.05, 3.63) is 0 Å². The Kier molecular flexibility index (Phi) is 5.95. The monoisotopic (exact) mass is 338 g/mol. The van der Waals surface area contributed by atoms with E-state index in [0.29, 0.717) is 0 Å². The minimum atomic E-state index is -5.30. The standard InChI is InChI=1S/C10H12F10O/c1-5(9(15,16)17)7(11,12)3-21-4-8(13,14)6(2)10(18,19)20/h5-6H,3-4H2,1-2H3. The topological polar surface area (TPSA) is 9.23 Å². The van der Waals surface area contributed by atoms with Gasteiger partial charge in [0.2, 0.25) is 0 Å². The smallest absolute Gasteiger partial charge is 0.369 e. The molecule has 0 fully saturated rings. The molecule has 0 amide bonds. The molecule has 0 aromatic carbocycles. The van der Waals surface area contributed by atoms with Gasteiger partial charge in [-0.05, 0) is 13.8 Å². The minimum Gasteiger partial charge on any atom is -0.369 e. The third kappa shape index (κ3) is 5.87. The normalized spacial score (nSPS) is 17.7. The van der Waals surface area contributed by atoms with Crippen molar-refractivity contribution < 1.29 is 48.6 Å². The van der Waals surface area contributed by atoms with Gasteiger partial charge in [0.25, 0.3) is 11.8 Å². The van der Waals surface area contributed by atoms with E-state index >= 15 is 0 Å². The largest absolute Gasteiger partial charge is 0.397 e. The van der Waals surface area contributed by atoms with Gasteiger partial charge in [-0.25, -0.2) is 17.6 Å². The van der Waals surface area contributed by atoms with E-state index in [4.69, 9.17) is 0 Å². The minimum absolute atomic E-state index is 0.111. The highest BCUT2D eigenvalue weighted by atomic mass is 19.4. The van der Waals surface area contributed by atoms with Crippen molar-refractivity contribution in [1.29, 1.82) is 0 Å². The molecular formula is C10H12F10O. The Morgan fingerprint density at radius 3 is 1.05 bits per heavy atom. The molecule has 128 valence electrons. The van der Waals surface area contributed by atoms with Crippen LogP contribution in [0.2, 0.25) is 0 Å². The molecule has 0 aliphatic rings. The molecule has 0 bridgehead atoms. The second-order valence-corrected chi connectivity index (χ2v) is 4.54. The van der Waals surface area contributed by atoms with Crippen LogP contribution >= 0.6 is 0 Å². The van der Waals surface area contributed by atoms with Crippen molar-refractivity contribution >= 4 is 0 Å². The Morgan fingerprint density at radius 1 is 0.619 bits per heavy atom. The molecule has 2 atom stereocenters. The zero-order chi connectivity index (χ0) is 17.3. The summed E-state index contributed by atoms with van der Waals surface area (Å²) >= 11 is 0. The molecule has 0 saturated heterocycles. The summed E-state index contributed by atoms with van der Waals surface area (Å²) in [4.78, 5) is 0. The maximum absolute atomic E-state index is 13.0. The molecule has 0 aromatic heterocycles. The molecule has 0 aliphatic carbocycles. The second kappa shape index (κ2) is 6.17. The van der Waals surface area contributed by atoms with Crippen molar-refractivity contribution in [2.75, 3.05) is 13.2 Å². The lowest BCUT2D eigenvalue weighted by Gasteiger charge is -2.28. The summed E-state index contributed by atoms with van der Waals surface area (Å²) in [6.45, 7) is -3.90. The van der Waals surface area contributed by atoms with Crippen LogP contribution in [0.4, 0.5) is 43.9 Å². The highest BCUT2D eigenvalue weighted by Gasteiger charge is 2.55. The number of hydrogen-bond donors (Lipinski definition) is 0. The molecule has 21 heavy (non-hydrogen) atoms. The molecule has 0 saturated carbocycles. The Morgan fingerprint density at radius 2 is 0.857 bits per heavy atom. The van der Waals surface area contributed by atoms with Gasteiger partial charge in [0.05, 0.1) is 0 Å². The molecule has 0 heterocycles. The van der Waals surface area contributed by atoms with E-state index in [-0.39, 0.29) is 13.8 Å². The van der Waals surface area contributed by atoms with E-state index in [0.717, 1.165) is 0 Å². The predicted molar refractivity (Wildman–Crippen MR) is 51.2 cm³/mol. The third-order valence-electron chi connectivity index (χ3n) is 2.84. The van der Waals surface area contributed by atoms with E-state index in [9.17, 15) is 43.9 Å². The fraction of sp³-hybridized carbons (Fsp3) is 1.00. The first kappa shape index (κ1) is 20.3. The molecule has 0 aromatic rings. The van der Waals surface area contributed by atoms with E-state index in [1.807, 2.05) is 0 Å². The summed E-state index contributed by atoms with van der Waals surface area (Å²) in [7, 11) is 0. The van der Waals surface area contributed by atoms with E-state index < -0.39 is 49.2 Å². The van der Waals surface area contributed by atoms with Gasteiger partial charge in [0.15, 0.2) is 0 Å². The number of ether oxygens (including phenoxy) is 1.